The predicted molar refractivity (Wildman–Crippen MR) is 106 cm³/mol. The molecule has 3 rings (SSSR count). The van der Waals surface area contributed by atoms with E-state index in [4.69, 9.17) is 0 Å². The molecule has 1 fully saturated rings. The number of hydrogen-bond acceptors (Lipinski definition) is 3. The van der Waals surface area contributed by atoms with Gasteiger partial charge in [0.1, 0.15) is 0 Å². The van der Waals surface area contributed by atoms with Crippen molar-refractivity contribution >= 4 is 5.69 Å². The molecule has 134 valence electrons. The van der Waals surface area contributed by atoms with Gasteiger partial charge in [-0.05, 0) is 49.4 Å². The van der Waals surface area contributed by atoms with Gasteiger partial charge in [-0.15, -0.1) is 0 Å². The Kier molecular flexibility index (Phi) is 6.46. The minimum absolute atomic E-state index is 0.434. The van der Waals surface area contributed by atoms with Crippen LogP contribution in [0, 0.1) is 6.92 Å². The standard InChI is InChI=1S/C22H31N3/c1-3-4-10-21(19-9-7-14-23-17-19)24-20-12-15-25(16-13-20)22-11-6-5-8-18(22)2/h5-9,11,14,17,20-21,24H,3-4,10,12-13,15-16H2,1-2H3. The summed E-state index contributed by atoms with van der Waals surface area (Å²) in [5.74, 6) is 0. The van der Waals surface area contributed by atoms with Gasteiger partial charge < -0.3 is 10.2 Å². The Morgan fingerprint density at radius 2 is 1.96 bits per heavy atom. The normalized spacial score (nSPS) is 16.8. The van der Waals surface area contributed by atoms with Crippen molar-refractivity contribution in [3.05, 3.63) is 59.9 Å². The van der Waals surface area contributed by atoms with Crippen LogP contribution in [0.4, 0.5) is 5.69 Å². The molecular weight excluding hydrogens is 306 g/mol. The second kappa shape index (κ2) is 9.00. The average molecular weight is 338 g/mol. The van der Waals surface area contributed by atoms with Crippen molar-refractivity contribution in [2.75, 3.05) is 18.0 Å². The molecule has 0 amide bonds. The third-order valence-corrected chi connectivity index (χ3v) is 5.32. The van der Waals surface area contributed by atoms with Crippen LogP contribution in [0.1, 0.15) is 56.2 Å². The molecule has 3 heteroatoms. The number of rotatable bonds is 7. The number of nitrogens with zero attached hydrogens (tertiary/aromatic N) is 2. The van der Waals surface area contributed by atoms with E-state index in [1.54, 1.807) is 0 Å². The number of para-hydroxylation sites is 1. The Morgan fingerprint density at radius 1 is 1.16 bits per heavy atom. The van der Waals surface area contributed by atoms with Crippen LogP contribution in [0.2, 0.25) is 0 Å². The molecule has 1 aliphatic rings. The number of nitrogens with one attached hydrogen (secondary N) is 1. The molecule has 1 unspecified atom stereocenters. The first kappa shape index (κ1) is 17.9. The maximum absolute atomic E-state index is 4.32. The van der Waals surface area contributed by atoms with Crippen LogP contribution in [0.15, 0.2) is 48.8 Å². The van der Waals surface area contributed by atoms with Crippen molar-refractivity contribution < 1.29 is 0 Å². The van der Waals surface area contributed by atoms with E-state index in [0.717, 1.165) is 13.1 Å². The van der Waals surface area contributed by atoms with Crippen LogP contribution in [0.5, 0.6) is 0 Å². The van der Waals surface area contributed by atoms with Crippen LogP contribution in [-0.2, 0) is 0 Å². The molecule has 1 atom stereocenters. The number of anilines is 1. The summed E-state index contributed by atoms with van der Waals surface area (Å²) in [5, 5.41) is 3.93. The maximum Gasteiger partial charge on any atom is 0.0395 e. The Hall–Kier alpha value is -1.87. The fraction of sp³-hybridized carbons (Fsp3) is 0.500. The van der Waals surface area contributed by atoms with Gasteiger partial charge in [-0.1, -0.05) is 44.0 Å². The number of hydrogen-bond donors (Lipinski definition) is 1. The first-order valence-corrected chi connectivity index (χ1v) is 9.74. The zero-order chi connectivity index (χ0) is 17.5. The maximum atomic E-state index is 4.32. The molecule has 1 aromatic carbocycles. The largest absolute Gasteiger partial charge is 0.371 e. The van der Waals surface area contributed by atoms with Crippen LogP contribution < -0.4 is 10.2 Å². The lowest BCUT2D eigenvalue weighted by atomic mass is 9.97. The van der Waals surface area contributed by atoms with E-state index in [0.29, 0.717) is 12.1 Å². The molecule has 0 saturated carbocycles. The molecule has 1 aromatic heterocycles. The van der Waals surface area contributed by atoms with E-state index in [-0.39, 0.29) is 0 Å². The summed E-state index contributed by atoms with van der Waals surface area (Å²) < 4.78 is 0. The number of aromatic nitrogens is 1. The molecule has 0 radical (unpaired) electrons. The number of piperidine rings is 1. The summed E-state index contributed by atoms with van der Waals surface area (Å²) in [7, 11) is 0. The predicted octanol–water partition coefficient (Wildman–Crippen LogP) is 4.88. The second-order valence-electron chi connectivity index (χ2n) is 7.20. The minimum atomic E-state index is 0.434. The summed E-state index contributed by atoms with van der Waals surface area (Å²) in [6.45, 7) is 6.75. The molecule has 2 heterocycles. The number of pyridine rings is 1. The lowest BCUT2D eigenvalue weighted by Crippen LogP contribution is -2.44. The Balaban J connectivity index is 1.59. The SMILES string of the molecule is CCCCC(NC1CCN(c2ccccc2C)CC1)c1cccnc1. The van der Waals surface area contributed by atoms with Gasteiger partial charge in [-0.25, -0.2) is 0 Å². The zero-order valence-electron chi connectivity index (χ0n) is 15.6. The van der Waals surface area contributed by atoms with Crippen molar-refractivity contribution in [3.63, 3.8) is 0 Å². The summed E-state index contributed by atoms with van der Waals surface area (Å²) in [4.78, 5) is 6.86. The van der Waals surface area contributed by atoms with Crippen LogP contribution in [-0.4, -0.2) is 24.1 Å². The molecule has 1 aliphatic heterocycles. The fourth-order valence-corrected chi connectivity index (χ4v) is 3.83. The molecule has 1 saturated heterocycles. The summed E-state index contributed by atoms with van der Waals surface area (Å²) >= 11 is 0. The van der Waals surface area contributed by atoms with Gasteiger partial charge in [0.25, 0.3) is 0 Å². The van der Waals surface area contributed by atoms with Crippen molar-refractivity contribution in [2.24, 2.45) is 0 Å². The van der Waals surface area contributed by atoms with Gasteiger partial charge in [-0.3, -0.25) is 4.98 Å². The summed E-state index contributed by atoms with van der Waals surface area (Å²) in [6, 6.07) is 14.0. The van der Waals surface area contributed by atoms with Crippen molar-refractivity contribution in [2.45, 2.75) is 58.0 Å². The lowest BCUT2D eigenvalue weighted by Gasteiger charge is -2.36. The molecule has 0 bridgehead atoms. The highest BCUT2D eigenvalue weighted by atomic mass is 15.2. The van der Waals surface area contributed by atoms with Gasteiger partial charge in [0, 0.05) is 43.3 Å². The number of benzene rings is 1. The highest BCUT2D eigenvalue weighted by Gasteiger charge is 2.23. The first-order chi connectivity index (χ1) is 12.3. The second-order valence-corrected chi connectivity index (χ2v) is 7.20. The molecule has 3 nitrogen and oxygen atoms in total. The van der Waals surface area contributed by atoms with Crippen LogP contribution in [0.25, 0.3) is 0 Å². The Morgan fingerprint density at radius 3 is 2.64 bits per heavy atom. The third kappa shape index (κ3) is 4.82. The molecular formula is C22H31N3. The summed E-state index contributed by atoms with van der Waals surface area (Å²) in [5.41, 5.74) is 4.11. The highest BCUT2D eigenvalue weighted by Crippen LogP contribution is 2.26. The molecule has 1 N–H and O–H groups in total. The quantitative estimate of drug-likeness (QED) is 0.780. The smallest absolute Gasteiger partial charge is 0.0395 e. The minimum Gasteiger partial charge on any atom is -0.371 e. The van der Waals surface area contributed by atoms with E-state index in [9.17, 15) is 0 Å². The Bertz CT molecular complexity index is 633. The molecule has 0 spiro atoms. The van der Waals surface area contributed by atoms with E-state index < -0.39 is 0 Å². The fourth-order valence-electron chi connectivity index (χ4n) is 3.83. The van der Waals surface area contributed by atoms with E-state index in [1.807, 2.05) is 12.4 Å². The first-order valence-electron chi connectivity index (χ1n) is 9.74. The van der Waals surface area contributed by atoms with Gasteiger partial charge in [0.05, 0.1) is 0 Å². The van der Waals surface area contributed by atoms with E-state index in [2.05, 4.69) is 65.4 Å². The monoisotopic (exact) mass is 337 g/mol. The number of aryl methyl sites for hydroxylation is 1. The van der Waals surface area contributed by atoms with Gasteiger partial charge >= 0.3 is 0 Å². The summed E-state index contributed by atoms with van der Waals surface area (Å²) in [6.07, 6.45) is 9.99. The van der Waals surface area contributed by atoms with Gasteiger partial charge in [0.15, 0.2) is 0 Å². The van der Waals surface area contributed by atoms with Crippen LogP contribution >= 0.6 is 0 Å². The molecule has 0 aliphatic carbocycles. The number of unbranched alkanes of at least 4 members (excludes halogenated alkanes) is 1. The van der Waals surface area contributed by atoms with Crippen molar-refractivity contribution in [1.29, 1.82) is 0 Å². The Labute approximate surface area is 152 Å². The van der Waals surface area contributed by atoms with Crippen LogP contribution in [0.3, 0.4) is 0 Å². The molecule has 2 aromatic rings. The van der Waals surface area contributed by atoms with Crippen molar-refractivity contribution in [3.8, 4) is 0 Å². The zero-order valence-corrected chi connectivity index (χ0v) is 15.6. The average Bonchev–Trinajstić information content (AvgIpc) is 2.67. The van der Waals surface area contributed by atoms with E-state index in [1.165, 1.54) is 48.9 Å². The topological polar surface area (TPSA) is 28.2 Å². The lowest BCUT2D eigenvalue weighted by molar-refractivity contribution is 0.353. The third-order valence-electron chi connectivity index (χ3n) is 5.32. The van der Waals surface area contributed by atoms with Gasteiger partial charge in [0.2, 0.25) is 0 Å². The van der Waals surface area contributed by atoms with Crippen molar-refractivity contribution in [1.82, 2.24) is 10.3 Å². The highest BCUT2D eigenvalue weighted by molar-refractivity contribution is 5.53. The molecule has 25 heavy (non-hydrogen) atoms. The van der Waals surface area contributed by atoms with E-state index >= 15 is 0 Å². The van der Waals surface area contributed by atoms with Gasteiger partial charge in [-0.2, -0.15) is 0 Å².